The summed E-state index contributed by atoms with van der Waals surface area (Å²) in [6.07, 6.45) is 6.73. The van der Waals surface area contributed by atoms with Crippen molar-refractivity contribution in [1.82, 2.24) is 14.3 Å². The van der Waals surface area contributed by atoms with E-state index >= 15 is 0 Å². The maximum absolute atomic E-state index is 13.3. The van der Waals surface area contributed by atoms with Crippen LogP contribution in [0.1, 0.15) is 77.3 Å². The number of unbranched alkanes of at least 4 members (excludes halogenated alkanes) is 4. The van der Waals surface area contributed by atoms with Gasteiger partial charge >= 0.3 is 11.7 Å². The van der Waals surface area contributed by atoms with Crippen molar-refractivity contribution >= 4 is 11.8 Å². The van der Waals surface area contributed by atoms with Crippen molar-refractivity contribution in [3.63, 3.8) is 0 Å². The van der Waals surface area contributed by atoms with Gasteiger partial charge in [-0.1, -0.05) is 75.1 Å². The first-order valence-electron chi connectivity index (χ1n) is 14.7. The number of hydrogen-bond donors (Lipinski definition) is 1. The first kappa shape index (κ1) is 31.6. The van der Waals surface area contributed by atoms with E-state index in [-0.39, 0.29) is 18.1 Å². The molecule has 0 saturated carbocycles. The van der Waals surface area contributed by atoms with Crippen LogP contribution in [0.2, 0.25) is 0 Å². The number of carbonyl (C=O) groups is 1. The molecule has 0 unspecified atom stereocenters. The van der Waals surface area contributed by atoms with E-state index in [1.54, 1.807) is 20.8 Å². The van der Waals surface area contributed by atoms with E-state index in [0.717, 1.165) is 49.7 Å². The van der Waals surface area contributed by atoms with E-state index in [1.165, 1.54) is 15.7 Å². The molecular weight excluding hydrogens is 520 g/mol. The molecule has 9 nitrogen and oxygen atoms in total. The minimum atomic E-state index is -1.10. The second-order valence-corrected chi connectivity index (χ2v) is 10.7. The number of ether oxygens (including phenoxy) is 2. The topological polar surface area (TPSA) is 104 Å². The molecule has 3 rings (SSSR count). The van der Waals surface area contributed by atoms with Gasteiger partial charge in [0.15, 0.2) is 5.60 Å². The number of carbonyl (C=O) groups excluding carboxylic acids is 1. The Kier molecular flexibility index (Phi) is 12.2. The number of anilines is 1. The Hall–Kier alpha value is -3.88. The lowest BCUT2D eigenvalue weighted by Crippen LogP contribution is -2.43. The summed E-state index contributed by atoms with van der Waals surface area (Å²) >= 11 is 0. The maximum atomic E-state index is 13.3. The van der Waals surface area contributed by atoms with Crippen molar-refractivity contribution in [2.45, 2.75) is 91.3 Å². The van der Waals surface area contributed by atoms with Crippen LogP contribution in [-0.2, 0) is 29.0 Å². The molecule has 1 heterocycles. The highest BCUT2D eigenvalue weighted by molar-refractivity contribution is 5.79. The van der Waals surface area contributed by atoms with E-state index in [0.29, 0.717) is 25.4 Å². The summed E-state index contributed by atoms with van der Waals surface area (Å²) in [6, 6.07) is 17.1. The Balaban J connectivity index is 1.68. The molecule has 0 spiro atoms. The number of esters is 1. The van der Waals surface area contributed by atoms with Gasteiger partial charge < -0.3 is 14.8 Å². The molecule has 0 saturated heterocycles. The summed E-state index contributed by atoms with van der Waals surface area (Å²) in [7, 11) is 0. The van der Waals surface area contributed by atoms with Gasteiger partial charge in [0.2, 0.25) is 5.82 Å². The summed E-state index contributed by atoms with van der Waals surface area (Å²) in [6.45, 7) is 8.76. The molecule has 41 heavy (non-hydrogen) atoms. The monoisotopic (exact) mass is 564 g/mol. The highest BCUT2D eigenvalue weighted by Crippen LogP contribution is 2.21. The summed E-state index contributed by atoms with van der Waals surface area (Å²) in [5.41, 5.74) is 0.0165. The first-order valence-corrected chi connectivity index (χ1v) is 14.7. The highest BCUT2D eigenvalue weighted by Gasteiger charge is 2.31. The Bertz CT molecular complexity index is 1360. The number of aryl methyl sites for hydroxylation is 2. The Morgan fingerprint density at radius 3 is 2.39 bits per heavy atom. The highest BCUT2D eigenvalue weighted by atomic mass is 16.6. The van der Waals surface area contributed by atoms with Gasteiger partial charge in [0, 0.05) is 13.1 Å². The Labute approximate surface area is 242 Å². The van der Waals surface area contributed by atoms with Crippen LogP contribution in [0.15, 0.2) is 64.2 Å². The van der Waals surface area contributed by atoms with Crippen LogP contribution >= 0.6 is 0 Å². The van der Waals surface area contributed by atoms with Gasteiger partial charge in [-0.05, 0) is 63.3 Å². The number of hydrogen-bond acceptors (Lipinski definition) is 7. The van der Waals surface area contributed by atoms with Crippen molar-refractivity contribution in [3.8, 4) is 5.75 Å². The van der Waals surface area contributed by atoms with Gasteiger partial charge in [0.25, 0.3) is 5.56 Å². The normalized spacial score (nSPS) is 11.3. The average molecular weight is 565 g/mol. The third kappa shape index (κ3) is 9.62. The smallest absolute Gasteiger partial charge is 0.349 e. The Morgan fingerprint density at radius 1 is 0.927 bits per heavy atom. The van der Waals surface area contributed by atoms with Crippen LogP contribution < -0.4 is 21.3 Å². The molecule has 0 radical (unpaired) electrons. The first-order chi connectivity index (χ1) is 19.7. The fourth-order valence-electron chi connectivity index (χ4n) is 4.49. The number of aromatic nitrogens is 3. The predicted molar refractivity (Wildman–Crippen MR) is 162 cm³/mol. The Morgan fingerprint density at radius 2 is 1.66 bits per heavy atom. The molecule has 0 aliphatic rings. The number of nitrogens with zero attached hydrogens (tertiary/aromatic N) is 3. The largest absolute Gasteiger partial charge is 0.476 e. The summed E-state index contributed by atoms with van der Waals surface area (Å²) < 4.78 is 13.7. The molecule has 1 N–H and O–H groups in total. The molecule has 0 atom stereocenters. The third-order valence-electron chi connectivity index (χ3n) is 6.75. The maximum Gasteiger partial charge on any atom is 0.349 e. The fraction of sp³-hybridized carbons (Fsp3) is 0.500. The van der Waals surface area contributed by atoms with Crippen LogP contribution in [0.5, 0.6) is 5.75 Å². The lowest BCUT2D eigenvalue weighted by molar-refractivity contribution is -0.158. The molecule has 2 aromatic carbocycles. The van der Waals surface area contributed by atoms with Crippen molar-refractivity contribution < 1.29 is 14.3 Å². The van der Waals surface area contributed by atoms with E-state index in [4.69, 9.17) is 9.47 Å². The predicted octanol–water partition coefficient (Wildman–Crippen LogP) is 5.19. The van der Waals surface area contributed by atoms with Crippen LogP contribution in [-0.4, -0.2) is 39.1 Å². The van der Waals surface area contributed by atoms with E-state index in [2.05, 4.69) is 17.3 Å². The van der Waals surface area contributed by atoms with Crippen LogP contribution in [0.25, 0.3) is 0 Å². The lowest BCUT2D eigenvalue weighted by Gasteiger charge is -2.24. The average Bonchev–Trinajstić information content (AvgIpc) is 2.95. The fourth-order valence-corrected chi connectivity index (χ4v) is 4.49. The summed E-state index contributed by atoms with van der Waals surface area (Å²) in [4.78, 5) is 38.6. The molecule has 0 bridgehead atoms. The molecule has 9 heteroatoms. The van der Waals surface area contributed by atoms with Crippen LogP contribution in [0.3, 0.4) is 0 Å². The molecular formula is C32H44N4O5. The number of benzene rings is 2. The van der Waals surface area contributed by atoms with Crippen LogP contribution in [0.4, 0.5) is 5.82 Å². The van der Waals surface area contributed by atoms with Crippen molar-refractivity contribution in [1.29, 1.82) is 0 Å². The van der Waals surface area contributed by atoms with Gasteiger partial charge in [0.05, 0.1) is 13.2 Å². The number of rotatable bonds is 17. The van der Waals surface area contributed by atoms with Crippen LogP contribution in [0, 0.1) is 0 Å². The van der Waals surface area contributed by atoms with Gasteiger partial charge in [-0.25, -0.2) is 14.3 Å². The van der Waals surface area contributed by atoms with Crippen molar-refractivity contribution in [2.75, 3.05) is 18.5 Å². The molecule has 1 aromatic heterocycles. The standard InChI is InChI=1S/C32H44N4O5/c1-5-7-8-9-13-22-36-31(39)35(24-26-16-11-10-12-17-26)29(37)28(34-36)33-21-15-19-25-18-14-20-27(23-25)41-32(3,4)30(38)40-6-2/h10-12,14,16-18,20,23H,5-9,13,15,19,21-22,24H2,1-4H3,(H,33,34). The van der Waals surface area contributed by atoms with Gasteiger partial charge in [0.1, 0.15) is 5.75 Å². The molecule has 0 aliphatic carbocycles. The molecule has 0 fully saturated rings. The summed E-state index contributed by atoms with van der Waals surface area (Å²) in [5.74, 6) is 0.356. The van der Waals surface area contributed by atoms with E-state index in [1.807, 2.05) is 54.6 Å². The van der Waals surface area contributed by atoms with Gasteiger partial charge in [-0.15, -0.1) is 5.10 Å². The van der Waals surface area contributed by atoms with Gasteiger partial charge in [-0.2, -0.15) is 0 Å². The quantitative estimate of drug-likeness (QED) is 0.178. The second kappa shape index (κ2) is 15.8. The lowest BCUT2D eigenvalue weighted by atomic mass is 10.1. The van der Waals surface area contributed by atoms with E-state index < -0.39 is 17.1 Å². The van der Waals surface area contributed by atoms with Crippen molar-refractivity contribution in [2.24, 2.45) is 0 Å². The minimum Gasteiger partial charge on any atom is -0.476 e. The number of nitrogens with one attached hydrogen (secondary N) is 1. The zero-order valence-electron chi connectivity index (χ0n) is 24.9. The zero-order valence-corrected chi connectivity index (χ0v) is 24.9. The van der Waals surface area contributed by atoms with Gasteiger partial charge in [-0.3, -0.25) is 9.36 Å². The molecule has 0 amide bonds. The summed E-state index contributed by atoms with van der Waals surface area (Å²) in [5, 5.41) is 7.59. The molecule has 222 valence electrons. The molecule has 0 aliphatic heterocycles. The molecule has 3 aromatic rings. The SMILES string of the molecule is CCCCCCCn1nc(NCCCc2cccc(OC(C)(C)C(=O)OCC)c2)c(=O)n(Cc2ccccc2)c1=O. The minimum absolute atomic E-state index is 0.183. The second-order valence-electron chi connectivity index (χ2n) is 10.7. The van der Waals surface area contributed by atoms with E-state index in [9.17, 15) is 14.4 Å². The zero-order chi connectivity index (χ0) is 29.7. The van der Waals surface area contributed by atoms with Crippen molar-refractivity contribution in [3.05, 3.63) is 86.6 Å². The third-order valence-corrected chi connectivity index (χ3v) is 6.75.